The minimum Gasteiger partial charge on any atom is -0.335 e. The van der Waals surface area contributed by atoms with Crippen molar-refractivity contribution in [2.24, 2.45) is 13.0 Å². The van der Waals surface area contributed by atoms with Crippen molar-refractivity contribution in [3.8, 4) is 0 Å². The predicted octanol–water partition coefficient (Wildman–Crippen LogP) is 3.04. The van der Waals surface area contributed by atoms with Gasteiger partial charge in [0.25, 0.3) is 5.91 Å². The lowest BCUT2D eigenvalue weighted by atomic mass is 9.89. The summed E-state index contributed by atoms with van der Waals surface area (Å²) in [6.45, 7) is 3.02. The summed E-state index contributed by atoms with van der Waals surface area (Å²) >= 11 is 0. The Morgan fingerprint density at radius 1 is 1.10 bits per heavy atom. The van der Waals surface area contributed by atoms with Crippen molar-refractivity contribution in [3.05, 3.63) is 47.4 Å². The third-order valence-electron chi connectivity index (χ3n) is 6.34. The molecule has 8 heteroatoms. The Morgan fingerprint density at radius 3 is 2.52 bits per heavy atom. The molecule has 1 aromatic heterocycles. The van der Waals surface area contributed by atoms with E-state index in [2.05, 4.69) is 15.3 Å². The number of rotatable bonds is 5. The van der Waals surface area contributed by atoms with E-state index in [1.807, 2.05) is 6.07 Å². The van der Waals surface area contributed by atoms with Crippen LogP contribution in [0.25, 0.3) is 0 Å². The molecule has 0 radical (unpaired) electrons. The molecule has 7 nitrogen and oxygen atoms in total. The molecule has 1 saturated carbocycles. The number of aryl methyl sites for hydroxylation is 1. The van der Waals surface area contributed by atoms with Gasteiger partial charge in [-0.25, -0.2) is 4.39 Å². The molecule has 2 aliphatic rings. The van der Waals surface area contributed by atoms with Crippen LogP contribution in [0, 0.1) is 11.7 Å². The number of carbonyl (C=O) groups excluding carboxylic acids is 2. The van der Waals surface area contributed by atoms with E-state index >= 15 is 0 Å². The largest absolute Gasteiger partial charge is 0.335 e. The Kier molecular flexibility index (Phi) is 6.65. The molecular formula is C23H30FN5O2. The molecule has 1 aliphatic carbocycles. The second-order valence-corrected chi connectivity index (χ2v) is 8.52. The first-order valence-electron chi connectivity index (χ1n) is 11.1. The van der Waals surface area contributed by atoms with Crippen molar-refractivity contribution in [1.29, 1.82) is 0 Å². The van der Waals surface area contributed by atoms with Crippen LogP contribution in [0.3, 0.4) is 0 Å². The number of carbonyl (C=O) groups is 2. The van der Waals surface area contributed by atoms with E-state index in [-0.39, 0.29) is 23.5 Å². The van der Waals surface area contributed by atoms with Crippen molar-refractivity contribution in [2.45, 2.75) is 38.6 Å². The Balaban J connectivity index is 1.32. The third-order valence-corrected chi connectivity index (χ3v) is 6.34. The minimum atomic E-state index is -0.197. The molecule has 0 bridgehead atoms. The number of benzene rings is 1. The number of hydrogen-bond donors (Lipinski definition) is 1. The van der Waals surface area contributed by atoms with Crippen molar-refractivity contribution < 1.29 is 14.0 Å². The monoisotopic (exact) mass is 427 g/mol. The van der Waals surface area contributed by atoms with Crippen LogP contribution in [0.1, 0.15) is 48.2 Å². The summed E-state index contributed by atoms with van der Waals surface area (Å²) in [7, 11) is 1.74. The maximum atomic E-state index is 13.9. The van der Waals surface area contributed by atoms with Gasteiger partial charge in [-0.2, -0.15) is 5.10 Å². The summed E-state index contributed by atoms with van der Waals surface area (Å²) in [6.07, 6.45) is 5.23. The second-order valence-electron chi connectivity index (χ2n) is 8.52. The quantitative estimate of drug-likeness (QED) is 0.796. The Morgan fingerprint density at radius 2 is 1.81 bits per heavy atom. The molecule has 0 spiro atoms. The fraction of sp³-hybridized carbons (Fsp3) is 0.522. The van der Waals surface area contributed by atoms with Crippen LogP contribution in [-0.4, -0.2) is 57.6 Å². The van der Waals surface area contributed by atoms with Gasteiger partial charge in [-0.3, -0.25) is 19.2 Å². The Labute approximate surface area is 182 Å². The number of piperazine rings is 1. The number of halogens is 1. The maximum absolute atomic E-state index is 13.9. The van der Waals surface area contributed by atoms with Crippen LogP contribution in [0.2, 0.25) is 0 Å². The van der Waals surface area contributed by atoms with Crippen molar-refractivity contribution in [2.75, 3.05) is 31.5 Å². The summed E-state index contributed by atoms with van der Waals surface area (Å²) in [5.41, 5.74) is 1.01. The Bertz CT molecular complexity index is 930. The summed E-state index contributed by atoms with van der Waals surface area (Å²) in [5.74, 6) is 0.280. The van der Waals surface area contributed by atoms with Gasteiger partial charge in [0, 0.05) is 57.3 Å². The molecule has 1 saturated heterocycles. The van der Waals surface area contributed by atoms with Crippen molar-refractivity contribution >= 4 is 17.6 Å². The van der Waals surface area contributed by atoms with E-state index < -0.39 is 0 Å². The molecule has 2 aromatic rings. The second kappa shape index (κ2) is 9.60. The van der Waals surface area contributed by atoms with Gasteiger partial charge in [-0.05, 0) is 18.9 Å². The lowest BCUT2D eigenvalue weighted by Gasteiger charge is -2.34. The standard InChI is InChI=1S/C23H30FN5O2/c1-27-21(25-22(30)17-7-3-2-4-8-17)15-20(26-27)23(31)29-13-11-28(12-14-29)16-18-9-5-6-10-19(18)24/h5-6,9-10,15,17H,2-4,7-8,11-14,16H2,1H3,(H,25,30). The van der Waals surface area contributed by atoms with Gasteiger partial charge in [0.1, 0.15) is 11.6 Å². The van der Waals surface area contributed by atoms with Gasteiger partial charge in [0.15, 0.2) is 5.69 Å². The molecule has 2 fully saturated rings. The van der Waals surface area contributed by atoms with E-state index in [1.165, 1.54) is 12.5 Å². The molecule has 1 N–H and O–H groups in total. The smallest absolute Gasteiger partial charge is 0.274 e. The van der Waals surface area contributed by atoms with E-state index in [0.29, 0.717) is 49.8 Å². The fourth-order valence-electron chi connectivity index (χ4n) is 4.42. The number of nitrogens with zero attached hydrogens (tertiary/aromatic N) is 4. The molecule has 0 unspecified atom stereocenters. The minimum absolute atomic E-state index is 0.0171. The predicted molar refractivity (Wildman–Crippen MR) is 116 cm³/mol. The molecular weight excluding hydrogens is 397 g/mol. The molecule has 2 heterocycles. The average molecular weight is 428 g/mol. The molecule has 1 aromatic carbocycles. The highest BCUT2D eigenvalue weighted by molar-refractivity contribution is 5.96. The number of hydrogen-bond acceptors (Lipinski definition) is 4. The summed E-state index contributed by atoms with van der Waals surface area (Å²) < 4.78 is 15.4. The first kappa shape index (κ1) is 21.5. The molecule has 0 atom stereocenters. The first-order chi connectivity index (χ1) is 15.0. The van der Waals surface area contributed by atoms with Crippen LogP contribution >= 0.6 is 0 Å². The van der Waals surface area contributed by atoms with E-state index in [1.54, 1.807) is 34.8 Å². The van der Waals surface area contributed by atoms with Crippen molar-refractivity contribution in [3.63, 3.8) is 0 Å². The normalized spacial score (nSPS) is 18.2. The van der Waals surface area contributed by atoms with Gasteiger partial charge in [-0.1, -0.05) is 37.5 Å². The molecule has 31 heavy (non-hydrogen) atoms. The average Bonchev–Trinajstić information content (AvgIpc) is 3.16. The van der Waals surface area contributed by atoms with Crippen LogP contribution in [0.4, 0.5) is 10.2 Å². The van der Waals surface area contributed by atoms with Gasteiger partial charge in [0.05, 0.1) is 0 Å². The first-order valence-corrected chi connectivity index (χ1v) is 11.1. The highest BCUT2D eigenvalue weighted by Gasteiger charge is 2.26. The SMILES string of the molecule is Cn1nc(C(=O)N2CCN(Cc3ccccc3F)CC2)cc1NC(=O)C1CCCCC1. The molecule has 2 amide bonds. The van der Waals surface area contributed by atoms with Crippen LogP contribution < -0.4 is 5.32 Å². The zero-order chi connectivity index (χ0) is 21.8. The zero-order valence-corrected chi connectivity index (χ0v) is 18.0. The fourth-order valence-corrected chi connectivity index (χ4v) is 4.42. The number of amides is 2. The molecule has 1 aliphatic heterocycles. The van der Waals surface area contributed by atoms with Gasteiger partial charge >= 0.3 is 0 Å². The van der Waals surface area contributed by atoms with Crippen LogP contribution in [0.15, 0.2) is 30.3 Å². The van der Waals surface area contributed by atoms with Crippen LogP contribution in [0.5, 0.6) is 0 Å². The number of aromatic nitrogens is 2. The highest BCUT2D eigenvalue weighted by atomic mass is 19.1. The van der Waals surface area contributed by atoms with Gasteiger partial charge in [-0.15, -0.1) is 0 Å². The third kappa shape index (κ3) is 5.12. The lowest BCUT2D eigenvalue weighted by Crippen LogP contribution is -2.48. The summed E-state index contributed by atoms with van der Waals surface area (Å²) in [6, 6.07) is 8.46. The Hall–Kier alpha value is -2.74. The lowest BCUT2D eigenvalue weighted by molar-refractivity contribution is -0.120. The van der Waals surface area contributed by atoms with E-state index in [0.717, 1.165) is 25.7 Å². The zero-order valence-electron chi connectivity index (χ0n) is 18.0. The van der Waals surface area contributed by atoms with Gasteiger partial charge in [0.2, 0.25) is 5.91 Å². The highest BCUT2D eigenvalue weighted by Crippen LogP contribution is 2.25. The molecule has 4 rings (SSSR count). The maximum Gasteiger partial charge on any atom is 0.274 e. The van der Waals surface area contributed by atoms with Crippen molar-refractivity contribution in [1.82, 2.24) is 19.6 Å². The summed E-state index contributed by atoms with van der Waals surface area (Å²) in [4.78, 5) is 29.4. The number of anilines is 1. The van der Waals surface area contributed by atoms with Crippen LogP contribution in [-0.2, 0) is 18.4 Å². The van der Waals surface area contributed by atoms with E-state index in [9.17, 15) is 14.0 Å². The molecule has 166 valence electrons. The van der Waals surface area contributed by atoms with E-state index in [4.69, 9.17) is 0 Å². The van der Waals surface area contributed by atoms with Gasteiger partial charge < -0.3 is 10.2 Å². The summed E-state index contributed by atoms with van der Waals surface area (Å²) in [5, 5.41) is 7.27. The topological polar surface area (TPSA) is 70.5 Å². The number of nitrogens with one attached hydrogen (secondary N) is 1.